The zero-order valence-corrected chi connectivity index (χ0v) is 11.6. The van der Waals surface area contributed by atoms with Gasteiger partial charge in [-0.25, -0.2) is 0 Å². The number of amides is 1. The predicted molar refractivity (Wildman–Crippen MR) is 70.8 cm³/mol. The summed E-state index contributed by atoms with van der Waals surface area (Å²) in [6, 6.07) is 0. The minimum absolute atomic E-state index is 0.236. The maximum Gasteiger partial charge on any atom is 0.222 e. The smallest absolute Gasteiger partial charge is 0.222 e. The van der Waals surface area contributed by atoms with E-state index in [9.17, 15) is 4.79 Å². The predicted octanol–water partition coefficient (Wildman–Crippen LogP) is 1.64. The van der Waals surface area contributed by atoms with E-state index >= 15 is 0 Å². The summed E-state index contributed by atoms with van der Waals surface area (Å²) in [6.45, 7) is 6.95. The number of nitrogens with two attached hydrogens (primary N) is 1. The molecule has 2 N–H and O–H groups in total. The van der Waals surface area contributed by atoms with Crippen molar-refractivity contribution in [3.8, 4) is 0 Å². The highest BCUT2D eigenvalue weighted by Gasteiger charge is 2.13. The van der Waals surface area contributed by atoms with Gasteiger partial charge in [0, 0.05) is 26.6 Å². The Labute approximate surface area is 105 Å². The molecule has 1 unspecified atom stereocenters. The van der Waals surface area contributed by atoms with Gasteiger partial charge in [-0.05, 0) is 32.2 Å². The van der Waals surface area contributed by atoms with Gasteiger partial charge in [0.25, 0.3) is 0 Å². The highest BCUT2D eigenvalue weighted by molar-refractivity contribution is 5.76. The van der Waals surface area contributed by atoms with Crippen molar-refractivity contribution in [2.75, 3.05) is 33.4 Å². The minimum Gasteiger partial charge on any atom is -0.383 e. The number of methoxy groups -OCH3 is 1. The highest BCUT2D eigenvalue weighted by atomic mass is 16.5. The van der Waals surface area contributed by atoms with Gasteiger partial charge in [0.05, 0.1) is 6.61 Å². The van der Waals surface area contributed by atoms with Crippen LogP contribution in [0.15, 0.2) is 0 Å². The SMILES string of the molecule is CCC(CCN)CCC(=O)N(CC)CCOC. The number of carbonyl (C=O) groups excluding carboxylic acids is 1. The van der Waals surface area contributed by atoms with Crippen molar-refractivity contribution < 1.29 is 9.53 Å². The largest absolute Gasteiger partial charge is 0.383 e. The van der Waals surface area contributed by atoms with Crippen LogP contribution in [0.1, 0.15) is 39.5 Å². The van der Waals surface area contributed by atoms with Gasteiger partial charge < -0.3 is 15.4 Å². The fourth-order valence-electron chi connectivity index (χ4n) is 1.93. The summed E-state index contributed by atoms with van der Waals surface area (Å²) in [5.74, 6) is 0.824. The summed E-state index contributed by atoms with van der Waals surface area (Å²) in [5, 5.41) is 0. The third kappa shape index (κ3) is 7.34. The van der Waals surface area contributed by atoms with E-state index in [0.717, 1.165) is 25.8 Å². The van der Waals surface area contributed by atoms with Crippen LogP contribution in [0.2, 0.25) is 0 Å². The number of carbonyl (C=O) groups is 1. The highest BCUT2D eigenvalue weighted by Crippen LogP contribution is 2.15. The van der Waals surface area contributed by atoms with Crippen molar-refractivity contribution in [1.82, 2.24) is 4.90 Å². The summed E-state index contributed by atoms with van der Waals surface area (Å²) < 4.78 is 5.00. The van der Waals surface area contributed by atoms with Crippen LogP contribution in [0.3, 0.4) is 0 Å². The van der Waals surface area contributed by atoms with E-state index in [-0.39, 0.29) is 5.91 Å². The van der Waals surface area contributed by atoms with Gasteiger partial charge in [-0.15, -0.1) is 0 Å². The fourth-order valence-corrected chi connectivity index (χ4v) is 1.93. The lowest BCUT2D eigenvalue weighted by atomic mass is 9.96. The van der Waals surface area contributed by atoms with E-state index < -0.39 is 0 Å². The molecular formula is C13H28N2O2. The summed E-state index contributed by atoms with van der Waals surface area (Å²) in [5.41, 5.74) is 5.55. The van der Waals surface area contributed by atoms with E-state index in [1.807, 2.05) is 11.8 Å². The van der Waals surface area contributed by atoms with Gasteiger partial charge in [0.1, 0.15) is 0 Å². The van der Waals surface area contributed by atoms with E-state index in [1.165, 1.54) is 0 Å². The maximum absolute atomic E-state index is 11.9. The Morgan fingerprint density at radius 1 is 1.35 bits per heavy atom. The normalized spacial score (nSPS) is 12.5. The third-order valence-electron chi connectivity index (χ3n) is 3.22. The first kappa shape index (κ1) is 16.4. The molecule has 1 amide bonds. The van der Waals surface area contributed by atoms with Gasteiger partial charge >= 0.3 is 0 Å². The lowest BCUT2D eigenvalue weighted by Crippen LogP contribution is -2.33. The van der Waals surface area contributed by atoms with E-state index in [4.69, 9.17) is 10.5 Å². The van der Waals surface area contributed by atoms with E-state index in [0.29, 0.717) is 32.0 Å². The van der Waals surface area contributed by atoms with Crippen LogP contribution in [0, 0.1) is 5.92 Å². The van der Waals surface area contributed by atoms with Crippen LogP contribution in [-0.4, -0.2) is 44.2 Å². The van der Waals surface area contributed by atoms with Crippen molar-refractivity contribution in [3.63, 3.8) is 0 Å². The van der Waals surface area contributed by atoms with Crippen molar-refractivity contribution in [3.05, 3.63) is 0 Å². The number of hydrogen-bond donors (Lipinski definition) is 1. The molecule has 0 saturated carbocycles. The third-order valence-corrected chi connectivity index (χ3v) is 3.22. The lowest BCUT2D eigenvalue weighted by molar-refractivity contribution is -0.132. The molecule has 0 spiro atoms. The van der Waals surface area contributed by atoms with Crippen molar-refractivity contribution in [2.45, 2.75) is 39.5 Å². The number of hydrogen-bond acceptors (Lipinski definition) is 3. The summed E-state index contributed by atoms with van der Waals surface area (Å²) >= 11 is 0. The molecule has 0 aromatic rings. The van der Waals surface area contributed by atoms with Gasteiger partial charge in [-0.1, -0.05) is 13.3 Å². The van der Waals surface area contributed by atoms with Crippen LogP contribution < -0.4 is 5.73 Å². The Balaban J connectivity index is 3.95. The zero-order chi connectivity index (χ0) is 13.1. The molecule has 1 atom stereocenters. The summed E-state index contributed by atoms with van der Waals surface area (Å²) in [4.78, 5) is 13.8. The van der Waals surface area contributed by atoms with Crippen LogP contribution in [0.5, 0.6) is 0 Å². The van der Waals surface area contributed by atoms with Crippen LogP contribution >= 0.6 is 0 Å². The lowest BCUT2D eigenvalue weighted by Gasteiger charge is -2.21. The molecule has 0 aromatic heterocycles. The molecule has 17 heavy (non-hydrogen) atoms. The first-order valence-electron chi connectivity index (χ1n) is 6.66. The topological polar surface area (TPSA) is 55.6 Å². The van der Waals surface area contributed by atoms with E-state index in [1.54, 1.807) is 7.11 Å². The molecule has 0 aliphatic carbocycles. The molecule has 4 heteroatoms. The summed E-state index contributed by atoms with van der Waals surface area (Å²) in [7, 11) is 1.66. The molecular weight excluding hydrogens is 216 g/mol. The Kier molecular flexibility index (Phi) is 10.2. The molecule has 0 radical (unpaired) electrons. The molecule has 0 rings (SSSR count). The van der Waals surface area contributed by atoms with Crippen LogP contribution in [-0.2, 0) is 9.53 Å². The molecule has 0 aliphatic heterocycles. The molecule has 0 aromatic carbocycles. The van der Waals surface area contributed by atoms with Gasteiger partial charge in [0.15, 0.2) is 0 Å². The number of ether oxygens (including phenoxy) is 1. The quantitative estimate of drug-likeness (QED) is 0.635. The molecule has 0 saturated heterocycles. The average molecular weight is 244 g/mol. The van der Waals surface area contributed by atoms with Crippen molar-refractivity contribution in [2.24, 2.45) is 11.7 Å². The maximum atomic E-state index is 11.9. The molecule has 0 fully saturated rings. The second-order valence-corrected chi connectivity index (χ2v) is 4.36. The molecule has 4 nitrogen and oxygen atoms in total. The zero-order valence-electron chi connectivity index (χ0n) is 11.6. The van der Waals surface area contributed by atoms with E-state index in [2.05, 4.69) is 6.92 Å². The van der Waals surface area contributed by atoms with Crippen molar-refractivity contribution in [1.29, 1.82) is 0 Å². The second kappa shape index (κ2) is 10.5. The number of likely N-dealkylation sites (N-methyl/N-ethyl adjacent to an activating group) is 1. The molecule has 102 valence electrons. The minimum atomic E-state index is 0.236. The van der Waals surface area contributed by atoms with Gasteiger partial charge in [0.2, 0.25) is 5.91 Å². The van der Waals surface area contributed by atoms with Crippen molar-refractivity contribution >= 4 is 5.91 Å². The van der Waals surface area contributed by atoms with Gasteiger partial charge in [-0.2, -0.15) is 0 Å². The average Bonchev–Trinajstić information content (AvgIpc) is 2.35. The standard InChI is InChI=1S/C13H28N2O2/c1-4-12(8-9-14)6-7-13(16)15(5-2)10-11-17-3/h12H,4-11,14H2,1-3H3. The Bertz CT molecular complexity index is 198. The number of nitrogens with zero attached hydrogens (tertiary/aromatic N) is 1. The molecule has 0 heterocycles. The monoisotopic (exact) mass is 244 g/mol. The number of rotatable bonds is 10. The second-order valence-electron chi connectivity index (χ2n) is 4.36. The Morgan fingerprint density at radius 3 is 2.53 bits per heavy atom. The molecule has 0 bridgehead atoms. The first-order chi connectivity index (χ1) is 8.19. The first-order valence-corrected chi connectivity index (χ1v) is 6.66. The van der Waals surface area contributed by atoms with Crippen LogP contribution in [0.4, 0.5) is 0 Å². The Hall–Kier alpha value is -0.610. The summed E-state index contributed by atoms with van der Waals surface area (Å²) in [6.07, 6.45) is 3.72. The van der Waals surface area contributed by atoms with Crippen LogP contribution in [0.25, 0.3) is 0 Å². The Morgan fingerprint density at radius 2 is 2.06 bits per heavy atom. The van der Waals surface area contributed by atoms with Gasteiger partial charge in [-0.3, -0.25) is 4.79 Å². The fraction of sp³-hybridized carbons (Fsp3) is 0.923. The molecule has 0 aliphatic rings.